The SMILES string of the molecule is Cc1ccc([N+](=O)[O-])cc1S(=O)(=O)N(CC(=O)O)c1cc([N+](=O)[O-])ccc1Cl. The lowest BCUT2D eigenvalue weighted by Crippen LogP contribution is -2.36. The molecule has 2 aromatic carbocycles. The molecule has 148 valence electrons. The van der Waals surface area contributed by atoms with Gasteiger partial charge in [0.25, 0.3) is 21.4 Å². The van der Waals surface area contributed by atoms with Gasteiger partial charge in [-0.1, -0.05) is 17.7 Å². The minimum absolute atomic E-state index is 0.113. The van der Waals surface area contributed by atoms with E-state index in [0.29, 0.717) is 4.31 Å². The third kappa shape index (κ3) is 4.18. The molecule has 2 rings (SSSR count). The molecule has 0 atom stereocenters. The van der Waals surface area contributed by atoms with Gasteiger partial charge in [-0.05, 0) is 18.6 Å². The van der Waals surface area contributed by atoms with Gasteiger partial charge in [-0.2, -0.15) is 0 Å². The third-order valence-electron chi connectivity index (χ3n) is 3.64. The topological polar surface area (TPSA) is 161 Å². The van der Waals surface area contributed by atoms with Crippen LogP contribution in [0.4, 0.5) is 17.1 Å². The number of anilines is 1. The Kier molecular flexibility index (Phi) is 5.85. The van der Waals surface area contributed by atoms with Crippen LogP contribution in [0, 0.1) is 27.2 Å². The van der Waals surface area contributed by atoms with Crippen LogP contribution >= 0.6 is 11.6 Å². The van der Waals surface area contributed by atoms with Crippen molar-refractivity contribution < 1.29 is 28.2 Å². The van der Waals surface area contributed by atoms with Gasteiger partial charge in [0.2, 0.25) is 0 Å². The second-order valence-corrected chi connectivity index (χ2v) is 7.74. The van der Waals surface area contributed by atoms with E-state index in [1.807, 2.05) is 0 Å². The first-order valence-electron chi connectivity index (χ1n) is 7.38. The molecule has 11 nitrogen and oxygen atoms in total. The van der Waals surface area contributed by atoms with Crippen molar-refractivity contribution in [3.05, 3.63) is 67.2 Å². The molecule has 0 fully saturated rings. The van der Waals surface area contributed by atoms with Crippen molar-refractivity contribution in [2.75, 3.05) is 10.8 Å². The van der Waals surface area contributed by atoms with Crippen LogP contribution in [0.1, 0.15) is 5.56 Å². The van der Waals surface area contributed by atoms with E-state index in [9.17, 15) is 33.4 Å². The van der Waals surface area contributed by atoms with Gasteiger partial charge in [-0.25, -0.2) is 8.42 Å². The van der Waals surface area contributed by atoms with Crippen molar-refractivity contribution in [3.63, 3.8) is 0 Å². The summed E-state index contributed by atoms with van der Waals surface area (Å²) in [5.74, 6) is -1.56. The predicted octanol–water partition coefficient (Wildman–Crippen LogP) is 2.74. The van der Waals surface area contributed by atoms with Crippen molar-refractivity contribution in [2.24, 2.45) is 0 Å². The van der Waals surface area contributed by atoms with Crippen LogP contribution in [0.5, 0.6) is 0 Å². The summed E-state index contributed by atoms with van der Waals surface area (Å²) in [5.41, 5.74) is -1.36. The molecule has 0 aliphatic rings. The Hall–Kier alpha value is -3.25. The van der Waals surface area contributed by atoms with Gasteiger partial charge in [0.1, 0.15) is 6.54 Å². The maximum absolute atomic E-state index is 13.1. The number of aryl methyl sites for hydroxylation is 1. The highest BCUT2D eigenvalue weighted by molar-refractivity contribution is 7.93. The summed E-state index contributed by atoms with van der Waals surface area (Å²) in [4.78, 5) is 31.1. The van der Waals surface area contributed by atoms with Crippen molar-refractivity contribution in [1.29, 1.82) is 0 Å². The van der Waals surface area contributed by atoms with Gasteiger partial charge in [0.05, 0.1) is 25.5 Å². The number of nitrogens with zero attached hydrogens (tertiary/aromatic N) is 3. The molecule has 0 bridgehead atoms. The number of sulfonamides is 1. The lowest BCUT2D eigenvalue weighted by atomic mass is 10.2. The summed E-state index contributed by atoms with van der Waals surface area (Å²) in [7, 11) is -4.66. The Morgan fingerprint density at radius 2 is 1.64 bits per heavy atom. The molecule has 13 heteroatoms. The zero-order valence-corrected chi connectivity index (χ0v) is 15.7. The number of aliphatic carboxylic acids is 1. The van der Waals surface area contributed by atoms with E-state index in [1.54, 1.807) is 0 Å². The van der Waals surface area contributed by atoms with Gasteiger partial charge in [0.15, 0.2) is 0 Å². The Labute approximate surface area is 163 Å². The second kappa shape index (κ2) is 7.78. The second-order valence-electron chi connectivity index (χ2n) is 5.51. The number of carboxylic acids is 1. The summed E-state index contributed by atoms with van der Waals surface area (Å²) in [6, 6.07) is 5.96. The Balaban J connectivity index is 2.75. The molecule has 0 amide bonds. The minimum Gasteiger partial charge on any atom is -0.480 e. The molecule has 1 N–H and O–H groups in total. The highest BCUT2D eigenvalue weighted by Crippen LogP contribution is 2.35. The van der Waals surface area contributed by atoms with Crippen molar-refractivity contribution in [3.8, 4) is 0 Å². The summed E-state index contributed by atoms with van der Waals surface area (Å²) >= 11 is 5.96. The molecule has 0 aliphatic heterocycles. The number of nitro groups is 2. The highest BCUT2D eigenvalue weighted by atomic mass is 35.5. The summed E-state index contributed by atoms with van der Waals surface area (Å²) in [6.45, 7) is 0.260. The molecule has 0 saturated heterocycles. The zero-order valence-electron chi connectivity index (χ0n) is 14.1. The molecule has 0 unspecified atom stereocenters. The molecular formula is C15H12ClN3O8S. The molecule has 0 aromatic heterocycles. The fraction of sp³-hybridized carbons (Fsp3) is 0.133. The number of hydrogen-bond donors (Lipinski definition) is 1. The van der Waals surface area contributed by atoms with Gasteiger partial charge in [-0.3, -0.25) is 29.3 Å². The molecule has 28 heavy (non-hydrogen) atoms. The fourth-order valence-electron chi connectivity index (χ4n) is 2.33. The van der Waals surface area contributed by atoms with Crippen LogP contribution in [0.25, 0.3) is 0 Å². The first-order chi connectivity index (χ1) is 12.9. The van der Waals surface area contributed by atoms with Gasteiger partial charge in [-0.15, -0.1) is 0 Å². The maximum atomic E-state index is 13.1. The summed E-state index contributed by atoms with van der Waals surface area (Å²) in [6.07, 6.45) is 0. The van der Waals surface area contributed by atoms with E-state index in [2.05, 4.69) is 0 Å². The molecule has 0 radical (unpaired) electrons. The van der Waals surface area contributed by atoms with E-state index in [4.69, 9.17) is 16.7 Å². The lowest BCUT2D eigenvalue weighted by molar-refractivity contribution is -0.385. The normalized spacial score (nSPS) is 11.1. The number of rotatable bonds is 7. The monoisotopic (exact) mass is 429 g/mol. The molecule has 0 spiro atoms. The molecule has 0 heterocycles. The number of halogens is 1. The minimum atomic E-state index is -4.66. The van der Waals surface area contributed by atoms with Gasteiger partial charge < -0.3 is 5.11 Å². The number of nitro benzene ring substituents is 2. The Morgan fingerprint density at radius 3 is 2.18 bits per heavy atom. The lowest BCUT2D eigenvalue weighted by Gasteiger charge is -2.24. The molecule has 0 aliphatic carbocycles. The average molecular weight is 430 g/mol. The predicted molar refractivity (Wildman–Crippen MR) is 98.1 cm³/mol. The maximum Gasteiger partial charge on any atom is 0.324 e. The van der Waals surface area contributed by atoms with E-state index < -0.39 is 54.3 Å². The quantitative estimate of drug-likeness (QED) is 0.518. The van der Waals surface area contributed by atoms with Crippen molar-refractivity contribution in [1.82, 2.24) is 0 Å². The smallest absolute Gasteiger partial charge is 0.324 e. The number of carbonyl (C=O) groups is 1. The summed E-state index contributed by atoms with van der Waals surface area (Å²) in [5, 5.41) is 30.9. The number of hydrogen-bond acceptors (Lipinski definition) is 7. The van der Waals surface area contributed by atoms with Crippen LogP contribution in [0.3, 0.4) is 0 Å². The molecular weight excluding hydrogens is 418 g/mol. The van der Waals surface area contributed by atoms with E-state index in [0.717, 1.165) is 30.3 Å². The zero-order chi connectivity index (χ0) is 21.2. The van der Waals surface area contributed by atoms with Crippen LogP contribution in [0.15, 0.2) is 41.3 Å². The Bertz CT molecular complexity index is 1090. The Morgan fingerprint density at radius 1 is 1.11 bits per heavy atom. The third-order valence-corrected chi connectivity index (χ3v) is 5.86. The first kappa shape index (κ1) is 21.1. The fourth-order valence-corrected chi connectivity index (χ4v) is 4.27. The van der Waals surface area contributed by atoms with Gasteiger partial charge in [0, 0.05) is 24.3 Å². The van der Waals surface area contributed by atoms with Crippen LogP contribution < -0.4 is 4.31 Å². The highest BCUT2D eigenvalue weighted by Gasteiger charge is 2.32. The largest absolute Gasteiger partial charge is 0.480 e. The van der Waals surface area contributed by atoms with Crippen molar-refractivity contribution in [2.45, 2.75) is 11.8 Å². The standard InChI is InChI=1S/C15H12ClN3O8S/c1-9-2-3-11(19(24)25)7-14(9)28(26,27)17(8-15(20)21)13-6-10(18(22)23)4-5-12(13)16/h2-7H,8H2,1H3,(H,20,21). The average Bonchev–Trinajstić information content (AvgIpc) is 2.59. The van der Waals surface area contributed by atoms with Crippen LogP contribution in [-0.4, -0.2) is 35.9 Å². The van der Waals surface area contributed by atoms with E-state index >= 15 is 0 Å². The molecule has 2 aromatic rings. The van der Waals surface area contributed by atoms with Crippen molar-refractivity contribution >= 4 is 44.7 Å². The van der Waals surface area contributed by atoms with E-state index in [1.165, 1.54) is 13.0 Å². The summed E-state index contributed by atoms with van der Waals surface area (Å²) < 4.78 is 26.6. The van der Waals surface area contributed by atoms with E-state index in [-0.39, 0.29) is 10.6 Å². The molecule has 0 saturated carbocycles. The van der Waals surface area contributed by atoms with Crippen LogP contribution in [-0.2, 0) is 14.8 Å². The number of non-ortho nitro benzene ring substituents is 2. The van der Waals surface area contributed by atoms with Gasteiger partial charge >= 0.3 is 5.97 Å². The first-order valence-corrected chi connectivity index (χ1v) is 9.20. The van der Waals surface area contributed by atoms with Crippen LogP contribution in [0.2, 0.25) is 5.02 Å². The number of benzene rings is 2. The number of carboxylic acid groups (broad SMARTS) is 1.